The quantitative estimate of drug-likeness (QED) is 0.576. The Balaban J connectivity index is 1.44. The number of carbonyl (C=O) groups excluding carboxylic acids is 2. The summed E-state index contributed by atoms with van der Waals surface area (Å²) >= 11 is 1.68. The first-order valence-electron chi connectivity index (χ1n) is 10.8. The highest BCUT2D eigenvalue weighted by atomic mass is 32.1. The molecule has 2 heterocycles. The number of amides is 1. The molecule has 0 atom stereocenters. The van der Waals surface area contributed by atoms with Crippen molar-refractivity contribution < 1.29 is 14.3 Å². The summed E-state index contributed by atoms with van der Waals surface area (Å²) in [7, 11) is 0. The Bertz CT molecular complexity index is 1160. The van der Waals surface area contributed by atoms with Gasteiger partial charge in [0.05, 0.1) is 16.8 Å². The van der Waals surface area contributed by atoms with Crippen LogP contribution in [0.1, 0.15) is 58.6 Å². The number of rotatable bonds is 5. The van der Waals surface area contributed by atoms with Crippen LogP contribution in [0.4, 0.5) is 0 Å². The van der Waals surface area contributed by atoms with E-state index >= 15 is 0 Å². The van der Waals surface area contributed by atoms with Gasteiger partial charge in [-0.3, -0.25) is 4.79 Å². The predicted molar refractivity (Wildman–Crippen MR) is 123 cm³/mol. The van der Waals surface area contributed by atoms with E-state index in [2.05, 4.69) is 22.8 Å². The van der Waals surface area contributed by atoms with Crippen LogP contribution in [0.5, 0.6) is 0 Å². The molecule has 2 aromatic heterocycles. The molecule has 0 spiro atoms. The number of carbonyl (C=O) groups is 2. The maximum atomic E-state index is 13.1. The highest BCUT2D eigenvalue weighted by Gasteiger charge is 2.28. The summed E-state index contributed by atoms with van der Waals surface area (Å²) in [5.41, 5.74) is 4.24. The van der Waals surface area contributed by atoms with Crippen molar-refractivity contribution in [3.63, 3.8) is 0 Å². The topological polar surface area (TPSA) is 68.3 Å². The van der Waals surface area contributed by atoms with Crippen molar-refractivity contribution in [3.05, 3.63) is 63.5 Å². The summed E-state index contributed by atoms with van der Waals surface area (Å²) in [5, 5.41) is 5.80. The lowest BCUT2D eigenvalue weighted by atomic mass is 10.0. The van der Waals surface area contributed by atoms with E-state index in [0.29, 0.717) is 5.56 Å². The van der Waals surface area contributed by atoms with Gasteiger partial charge in [0.15, 0.2) is 6.61 Å². The first kappa shape index (κ1) is 19.9. The van der Waals surface area contributed by atoms with E-state index in [0.717, 1.165) is 66.3 Å². The predicted octanol–water partition coefficient (Wildman–Crippen LogP) is 5.00. The fourth-order valence-electron chi connectivity index (χ4n) is 4.60. The van der Waals surface area contributed by atoms with Crippen molar-refractivity contribution >= 4 is 45.8 Å². The molecule has 3 aromatic rings. The zero-order valence-electron chi connectivity index (χ0n) is 17.2. The SMILES string of the molecule is O=C(COC(=O)c1c2c(nc3ccccc13)/C(=C/c1cccs1)CC2)NC1CCCC1. The number of pyridine rings is 1. The van der Waals surface area contributed by atoms with Crippen molar-refractivity contribution in [2.45, 2.75) is 44.6 Å². The second kappa shape index (κ2) is 8.63. The van der Waals surface area contributed by atoms with Crippen molar-refractivity contribution in [2.75, 3.05) is 6.61 Å². The van der Waals surface area contributed by atoms with E-state index in [1.807, 2.05) is 30.3 Å². The minimum absolute atomic E-state index is 0.210. The number of esters is 1. The maximum Gasteiger partial charge on any atom is 0.339 e. The lowest BCUT2D eigenvalue weighted by molar-refractivity contribution is -0.124. The van der Waals surface area contributed by atoms with Crippen LogP contribution in [0.2, 0.25) is 0 Å². The highest BCUT2D eigenvalue weighted by Crippen LogP contribution is 2.38. The number of thiophene rings is 1. The molecule has 0 bridgehead atoms. The third-order valence-electron chi connectivity index (χ3n) is 6.06. The van der Waals surface area contributed by atoms with Gasteiger partial charge < -0.3 is 10.1 Å². The van der Waals surface area contributed by atoms with Crippen molar-refractivity contribution in [1.82, 2.24) is 10.3 Å². The first-order valence-corrected chi connectivity index (χ1v) is 11.7. The molecule has 1 N–H and O–H groups in total. The van der Waals surface area contributed by atoms with Crippen LogP contribution in [0.25, 0.3) is 22.6 Å². The molecule has 2 aliphatic carbocycles. The van der Waals surface area contributed by atoms with Crippen LogP contribution < -0.4 is 5.32 Å². The van der Waals surface area contributed by atoms with Gasteiger partial charge in [0, 0.05) is 16.3 Å². The van der Waals surface area contributed by atoms with Crippen LogP contribution >= 0.6 is 11.3 Å². The molecule has 1 aromatic carbocycles. The summed E-state index contributed by atoms with van der Waals surface area (Å²) in [5.74, 6) is -0.678. The molecule has 0 radical (unpaired) electrons. The molecule has 6 heteroatoms. The summed E-state index contributed by atoms with van der Waals surface area (Å²) < 4.78 is 5.48. The number of nitrogens with one attached hydrogen (secondary N) is 1. The Morgan fingerprint density at radius 2 is 1.97 bits per heavy atom. The zero-order valence-corrected chi connectivity index (χ0v) is 18.0. The van der Waals surface area contributed by atoms with Crippen LogP contribution in [-0.4, -0.2) is 29.5 Å². The van der Waals surface area contributed by atoms with Gasteiger partial charge >= 0.3 is 5.97 Å². The third kappa shape index (κ3) is 4.12. The molecule has 5 rings (SSSR count). The molecule has 158 valence electrons. The molecule has 0 unspecified atom stereocenters. The fourth-order valence-corrected chi connectivity index (χ4v) is 5.28. The minimum Gasteiger partial charge on any atom is -0.452 e. The van der Waals surface area contributed by atoms with Crippen molar-refractivity contribution in [2.24, 2.45) is 0 Å². The summed E-state index contributed by atoms with van der Waals surface area (Å²) in [4.78, 5) is 31.4. The van der Waals surface area contributed by atoms with Gasteiger partial charge in [0.25, 0.3) is 5.91 Å². The van der Waals surface area contributed by atoms with E-state index in [-0.39, 0.29) is 18.6 Å². The van der Waals surface area contributed by atoms with Gasteiger partial charge in [-0.05, 0) is 60.4 Å². The molecule has 1 amide bonds. The van der Waals surface area contributed by atoms with Gasteiger partial charge in [0.2, 0.25) is 0 Å². The molecule has 5 nitrogen and oxygen atoms in total. The number of allylic oxidation sites excluding steroid dienone is 1. The largest absolute Gasteiger partial charge is 0.452 e. The van der Waals surface area contributed by atoms with Gasteiger partial charge in [-0.2, -0.15) is 0 Å². The Hall–Kier alpha value is -2.99. The van der Waals surface area contributed by atoms with E-state index in [4.69, 9.17) is 9.72 Å². The fraction of sp³-hybridized carbons (Fsp3) is 0.320. The van der Waals surface area contributed by atoms with Gasteiger partial charge in [-0.1, -0.05) is 37.1 Å². The van der Waals surface area contributed by atoms with Crippen molar-refractivity contribution in [3.8, 4) is 0 Å². The molecular formula is C25H24N2O3S. The summed E-state index contributed by atoms with van der Waals surface area (Å²) in [6, 6.07) is 12.0. The van der Waals surface area contributed by atoms with E-state index in [1.54, 1.807) is 11.3 Å². The number of nitrogens with zero attached hydrogens (tertiary/aromatic N) is 1. The number of ether oxygens (including phenoxy) is 1. The molecule has 31 heavy (non-hydrogen) atoms. The lowest BCUT2D eigenvalue weighted by Crippen LogP contribution is -2.36. The number of hydrogen-bond donors (Lipinski definition) is 1. The molecular weight excluding hydrogens is 408 g/mol. The molecule has 0 aliphatic heterocycles. The highest BCUT2D eigenvalue weighted by molar-refractivity contribution is 7.10. The Kier molecular flexibility index (Phi) is 5.55. The molecule has 1 fully saturated rings. The minimum atomic E-state index is -0.450. The Labute approximate surface area is 185 Å². The van der Waals surface area contributed by atoms with Gasteiger partial charge in [-0.25, -0.2) is 9.78 Å². The van der Waals surface area contributed by atoms with E-state index in [9.17, 15) is 9.59 Å². The van der Waals surface area contributed by atoms with Gasteiger partial charge in [0.1, 0.15) is 0 Å². The number of fused-ring (bicyclic) bond motifs is 2. The lowest BCUT2D eigenvalue weighted by Gasteiger charge is -2.14. The number of para-hydroxylation sites is 1. The van der Waals surface area contributed by atoms with Gasteiger partial charge in [-0.15, -0.1) is 11.3 Å². The maximum absolute atomic E-state index is 13.1. The van der Waals surface area contributed by atoms with Crippen LogP contribution in [0, 0.1) is 0 Å². The Morgan fingerprint density at radius 1 is 1.13 bits per heavy atom. The second-order valence-electron chi connectivity index (χ2n) is 8.14. The molecule has 1 saturated carbocycles. The van der Waals surface area contributed by atoms with Crippen LogP contribution in [0.15, 0.2) is 41.8 Å². The Morgan fingerprint density at radius 3 is 2.77 bits per heavy atom. The average Bonchev–Trinajstić information content (AvgIpc) is 3.54. The first-order chi connectivity index (χ1) is 15.2. The molecule has 2 aliphatic rings. The number of hydrogen-bond acceptors (Lipinski definition) is 5. The summed E-state index contributed by atoms with van der Waals surface area (Å²) in [6.45, 7) is -0.251. The summed E-state index contributed by atoms with van der Waals surface area (Å²) in [6.07, 6.45) is 8.01. The zero-order chi connectivity index (χ0) is 21.2. The third-order valence-corrected chi connectivity index (χ3v) is 6.88. The normalized spacial score (nSPS) is 17.2. The van der Waals surface area contributed by atoms with Crippen LogP contribution in [-0.2, 0) is 16.0 Å². The van der Waals surface area contributed by atoms with E-state index in [1.165, 1.54) is 4.88 Å². The monoisotopic (exact) mass is 432 g/mol. The standard InChI is InChI=1S/C25H24N2O3S/c28-22(26-17-6-1-2-7-17)15-30-25(29)23-19-9-3-4-10-21(19)27-24-16(11-12-20(23)24)14-18-8-5-13-31-18/h3-5,8-10,13-14,17H,1-2,6-7,11-12,15H2,(H,26,28)/b16-14+. The number of aromatic nitrogens is 1. The average molecular weight is 433 g/mol. The number of benzene rings is 1. The van der Waals surface area contributed by atoms with Crippen LogP contribution in [0.3, 0.4) is 0 Å². The molecule has 0 saturated heterocycles. The second-order valence-corrected chi connectivity index (χ2v) is 9.12. The van der Waals surface area contributed by atoms with Crippen molar-refractivity contribution in [1.29, 1.82) is 0 Å². The smallest absolute Gasteiger partial charge is 0.339 e. The van der Waals surface area contributed by atoms with E-state index < -0.39 is 5.97 Å².